The number of thiophene rings is 1. The lowest BCUT2D eigenvalue weighted by atomic mass is 10.1. The highest BCUT2D eigenvalue weighted by atomic mass is 32.1. The zero-order valence-corrected chi connectivity index (χ0v) is 13.9. The molecule has 1 aromatic heterocycles. The highest BCUT2D eigenvalue weighted by Crippen LogP contribution is 2.31. The molecule has 0 radical (unpaired) electrons. The Morgan fingerprint density at radius 2 is 2.25 bits per heavy atom. The second-order valence-corrected chi connectivity index (χ2v) is 6.52. The Labute approximate surface area is 143 Å². The van der Waals surface area contributed by atoms with Crippen LogP contribution in [0.4, 0.5) is 10.7 Å². The number of amides is 2. The van der Waals surface area contributed by atoms with Gasteiger partial charge in [-0.1, -0.05) is 0 Å². The molecule has 1 atom stereocenters. The number of nitriles is 1. The topological polar surface area (TPSA) is 99.2 Å². The maximum Gasteiger partial charge on any atom is 0.250 e. The van der Waals surface area contributed by atoms with Crippen molar-refractivity contribution in [2.24, 2.45) is 5.73 Å². The van der Waals surface area contributed by atoms with Crippen molar-refractivity contribution in [2.45, 2.75) is 19.4 Å². The van der Waals surface area contributed by atoms with E-state index in [9.17, 15) is 9.59 Å². The van der Waals surface area contributed by atoms with Crippen LogP contribution >= 0.6 is 11.3 Å². The van der Waals surface area contributed by atoms with Gasteiger partial charge in [-0.25, -0.2) is 0 Å². The Morgan fingerprint density at radius 1 is 1.46 bits per heavy atom. The van der Waals surface area contributed by atoms with Gasteiger partial charge in [-0.3, -0.25) is 9.59 Å². The Balaban J connectivity index is 1.76. The smallest absolute Gasteiger partial charge is 0.250 e. The molecule has 2 amide bonds. The van der Waals surface area contributed by atoms with Gasteiger partial charge in [-0.15, -0.1) is 11.3 Å². The quantitative estimate of drug-likeness (QED) is 0.891. The summed E-state index contributed by atoms with van der Waals surface area (Å²) in [7, 11) is 0. The summed E-state index contributed by atoms with van der Waals surface area (Å²) in [5.41, 5.74) is 7.83. The van der Waals surface area contributed by atoms with Gasteiger partial charge in [0.15, 0.2) is 0 Å². The third-order valence-electron chi connectivity index (χ3n) is 4.05. The number of anilines is 2. The van der Waals surface area contributed by atoms with Gasteiger partial charge in [-0.05, 0) is 48.6 Å². The van der Waals surface area contributed by atoms with Crippen LogP contribution in [0.3, 0.4) is 0 Å². The van der Waals surface area contributed by atoms with E-state index in [0.29, 0.717) is 29.1 Å². The minimum atomic E-state index is -0.469. The molecule has 24 heavy (non-hydrogen) atoms. The highest BCUT2D eigenvalue weighted by Gasteiger charge is 2.34. The van der Waals surface area contributed by atoms with E-state index in [-0.39, 0.29) is 11.9 Å². The number of aryl methyl sites for hydroxylation is 1. The number of nitrogens with one attached hydrogen (secondary N) is 1. The predicted molar refractivity (Wildman–Crippen MR) is 93.1 cm³/mol. The van der Waals surface area contributed by atoms with Crippen LogP contribution in [0, 0.1) is 18.3 Å². The van der Waals surface area contributed by atoms with Gasteiger partial charge in [0.25, 0.3) is 0 Å². The normalized spacial score (nSPS) is 16.9. The molecule has 1 fully saturated rings. The van der Waals surface area contributed by atoms with Crippen LogP contribution in [-0.2, 0) is 4.79 Å². The fraction of sp³-hybridized carbons (Fsp3) is 0.235. The van der Waals surface area contributed by atoms with Crippen LogP contribution in [-0.4, -0.2) is 24.4 Å². The molecule has 1 aromatic carbocycles. The average Bonchev–Trinajstić information content (AvgIpc) is 3.14. The molecular formula is C17H16N4O2S. The summed E-state index contributed by atoms with van der Waals surface area (Å²) in [5, 5.41) is 14.8. The summed E-state index contributed by atoms with van der Waals surface area (Å²) in [6.45, 7) is 2.38. The van der Waals surface area contributed by atoms with Gasteiger partial charge in [0.1, 0.15) is 17.1 Å². The average molecular weight is 340 g/mol. The van der Waals surface area contributed by atoms with Crippen LogP contribution in [0.5, 0.6) is 0 Å². The summed E-state index contributed by atoms with van der Waals surface area (Å²) in [6.07, 6.45) is 0.651. The minimum Gasteiger partial charge on any atom is -0.374 e. The Kier molecular flexibility index (Phi) is 4.23. The molecule has 122 valence electrons. The molecular weight excluding hydrogens is 324 g/mol. The van der Waals surface area contributed by atoms with Crippen molar-refractivity contribution in [3.8, 4) is 6.07 Å². The van der Waals surface area contributed by atoms with E-state index in [1.807, 2.05) is 11.4 Å². The van der Waals surface area contributed by atoms with Gasteiger partial charge >= 0.3 is 0 Å². The zero-order chi connectivity index (χ0) is 17.3. The van der Waals surface area contributed by atoms with E-state index in [1.54, 1.807) is 30.0 Å². The van der Waals surface area contributed by atoms with Crippen LogP contribution < -0.4 is 16.0 Å². The van der Waals surface area contributed by atoms with E-state index >= 15 is 0 Å². The number of hydrogen-bond donors (Lipinski definition) is 2. The number of carbonyl (C=O) groups is 2. The lowest BCUT2D eigenvalue weighted by molar-refractivity contribution is -0.117. The maximum atomic E-state index is 12.6. The molecule has 3 N–H and O–H groups in total. The highest BCUT2D eigenvalue weighted by molar-refractivity contribution is 7.14. The van der Waals surface area contributed by atoms with Crippen molar-refractivity contribution in [1.29, 1.82) is 5.26 Å². The second kappa shape index (κ2) is 6.34. The molecule has 0 unspecified atom stereocenters. The zero-order valence-electron chi connectivity index (χ0n) is 13.1. The molecule has 7 heteroatoms. The van der Waals surface area contributed by atoms with Gasteiger partial charge in [0.2, 0.25) is 11.8 Å². The first-order valence-electron chi connectivity index (χ1n) is 7.47. The Bertz CT molecular complexity index is 853. The third kappa shape index (κ3) is 2.84. The number of hydrogen-bond acceptors (Lipinski definition) is 5. The van der Waals surface area contributed by atoms with Crippen molar-refractivity contribution in [2.75, 3.05) is 16.8 Å². The van der Waals surface area contributed by atoms with Gasteiger partial charge in [0.05, 0.1) is 5.56 Å². The van der Waals surface area contributed by atoms with Crippen molar-refractivity contribution < 1.29 is 9.59 Å². The van der Waals surface area contributed by atoms with Crippen molar-refractivity contribution in [3.63, 3.8) is 0 Å². The van der Waals surface area contributed by atoms with Crippen LogP contribution in [0.1, 0.15) is 27.9 Å². The van der Waals surface area contributed by atoms with Crippen molar-refractivity contribution >= 4 is 33.8 Å². The number of primary amides is 1. The molecule has 2 aromatic rings. The lowest BCUT2D eigenvalue weighted by Crippen LogP contribution is -2.33. The first-order valence-corrected chi connectivity index (χ1v) is 8.35. The fourth-order valence-corrected chi connectivity index (χ4v) is 3.72. The van der Waals surface area contributed by atoms with E-state index < -0.39 is 5.91 Å². The number of rotatable bonds is 4. The van der Waals surface area contributed by atoms with E-state index in [1.165, 1.54) is 11.3 Å². The van der Waals surface area contributed by atoms with E-state index in [2.05, 4.69) is 11.4 Å². The van der Waals surface area contributed by atoms with Crippen LogP contribution in [0.2, 0.25) is 0 Å². The van der Waals surface area contributed by atoms with Crippen LogP contribution in [0.25, 0.3) is 0 Å². The summed E-state index contributed by atoms with van der Waals surface area (Å²) < 4.78 is 0. The molecule has 2 heterocycles. The summed E-state index contributed by atoms with van der Waals surface area (Å²) >= 11 is 1.39. The monoisotopic (exact) mass is 340 g/mol. The van der Waals surface area contributed by atoms with Gasteiger partial charge in [-0.2, -0.15) is 5.26 Å². The Morgan fingerprint density at radius 3 is 2.92 bits per heavy atom. The Hall–Kier alpha value is -2.85. The first kappa shape index (κ1) is 16.0. The van der Waals surface area contributed by atoms with Gasteiger partial charge < -0.3 is 16.0 Å². The SMILES string of the molecule is Cc1cc(N[C@H]2CCN(c3sccc3C#N)C2=O)ccc1C(N)=O. The number of nitrogens with two attached hydrogens (primary N) is 1. The minimum absolute atomic E-state index is 0.0504. The summed E-state index contributed by atoms with van der Waals surface area (Å²) in [4.78, 5) is 25.6. The lowest BCUT2D eigenvalue weighted by Gasteiger charge is -2.17. The summed E-state index contributed by atoms with van der Waals surface area (Å²) in [6, 6.07) is 8.70. The number of nitrogens with zero attached hydrogens (tertiary/aromatic N) is 2. The summed E-state index contributed by atoms with van der Waals surface area (Å²) in [5.74, 6) is -0.519. The predicted octanol–water partition coefficient (Wildman–Crippen LogP) is 2.24. The first-order chi connectivity index (χ1) is 11.5. The third-order valence-corrected chi connectivity index (χ3v) is 4.98. The number of benzene rings is 1. The number of carbonyl (C=O) groups excluding carboxylic acids is 2. The van der Waals surface area contributed by atoms with Crippen LogP contribution in [0.15, 0.2) is 29.6 Å². The largest absolute Gasteiger partial charge is 0.374 e. The fourth-order valence-electron chi connectivity index (χ4n) is 2.84. The van der Waals surface area contributed by atoms with Crippen molar-refractivity contribution in [1.82, 2.24) is 0 Å². The molecule has 0 aliphatic carbocycles. The standard InChI is InChI=1S/C17H16N4O2S/c1-10-8-12(2-3-13(10)15(19)22)20-14-4-6-21(16(14)23)17-11(9-18)5-7-24-17/h2-3,5,7-8,14,20H,4,6H2,1H3,(H2,19,22)/t14-/m0/s1. The molecule has 3 rings (SSSR count). The molecule has 0 bridgehead atoms. The molecule has 0 spiro atoms. The van der Waals surface area contributed by atoms with Crippen molar-refractivity contribution in [3.05, 3.63) is 46.3 Å². The van der Waals surface area contributed by atoms with E-state index in [0.717, 1.165) is 11.3 Å². The molecule has 1 aliphatic rings. The second-order valence-electron chi connectivity index (χ2n) is 5.62. The molecule has 0 saturated carbocycles. The van der Waals surface area contributed by atoms with Gasteiger partial charge in [0, 0.05) is 17.8 Å². The molecule has 1 saturated heterocycles. The maximum absolute atomic E-state index is 12.6. The van der Waals surface area contributed by atoms with E-state index in [4.69, 9.17) is 11.0 Å². The molecule has 1 aliphatic heterocycles. The molecule has 6 nitrogen and oxygen atoms in total.